The van der Waals surface area contributed by atoms with Gasteiger partial charge in [-0.3, -0.25) is 4.98 Å². The van der Waals surface area contributed by atoms with Gasteiger partial charge in [-0.2, -0.15) is 0 Å². The summed E-state index contributed by atoms with van der Waals surface area (Å²) < 4.78 is 0. The van der Waals surface area contributed by atoms with Crippen molar-refractivity contribution in [3.8, 4) is 45.0 Å². The van der Waals surface area contributed by atoms with Gasteiger partial charge in [-0.1, -0.05) is 146 Å². The zero-order valence-corrected chi connectivity index (χ0v) is 30.2. The zero-order valence-electron chi connectivity index (χ0n) is 30.2. The lowest BCUT2D eigenvalue weighted by atomic mass is 9.87. The van der Waals surface area contributed by atoms with Crippen LogP contribution in [-0.4, -0.2) is 15.0 Å². The number of rotatable bonds is 4. The van der Waals surface area contributed by atoms with E-state index in [1.807, 2.05) is 18.3 Å². The second-order valence-corrected chi connectivity index (χ2v) is 14.8. The molecule has 3 heteroatoms. The molecular weight excluding hydrogens is 679 g/mol. The minimum atomic E-state index is 0.688. The normalized spacial score (nSPS) is 11.9. The molecule has 2 heterocycles. The van der Waals surface area contributed by atoms with E-state index in [0.717, 1.165) is 44.5 Å². The van der Waals surface area contributed by atoms with E-state index in [9.17, 15) is 0 Å². The molecule has 0 aliphatic carbocycles. The monoisotopic (exact) mass is 709 g/mol. The van der Waals surface area contributed by atoms with E-state index in [2.05, 4.69) is 175 Å². The molecule has 0 unspecified atom stereocenters. The maximum absolute atomic E-state index is 5.37. The lowest BCUT2D eigenvalue weighted by molar-refractivity contribution is 1.18. The molecule has 56 heavy (non-hydrogen) atoms. The van der Waals surface area contributed by atoms with Crippen LogP contribution >= 0.6 is 0 Å². The Balaban J connectivity index is 1.16. The van der Waals surface area contributed by atoms with E-state index in [-0.39, 0.29) is 0 Å². The first-order valence-electron chi connectivity index (χ1n) is 19.1. The zero-order chi connectivity index (χ0) is 36.7. The molecule has 0 spiro atoms. The Morgan fingerprint density at radius 1 is 0.286 bits per heavy atom. The number of aromatic nitrogens is 3. The van der Waals surface area contributed by atoms with Crippen LogP contribution in [0.3, 0.4) is 0 Å². The van der Waals surface area contributed by atoms with E-state index in [1.165, 1.54) is 70.2 Å². The second kappa shape index (κ2) is 12.0. The molecule has 258 valence electrons. The lowest BCUT2D eigenvalue weighted by Gasteiger charge is -2.17. The van der Waals surface area contributed by atoms with Crippen molar-refractivity contribution in [2.24, 2.45) is 0 Å². The smallest absolute Gasteiger partial charge is 0.160 e. The third-order valence-electron chi connectivity index (χ3n) is 11.6. The maximum Gasteiger partial charge on any atom is 0.160 e. The van der Waals surface area contributed by atoms with E-state index in [1.54, 1.807) is 0 Å². The van der Waals surface area contributed by atoms with Gasteiger partial charge in [-0.15, -0.1) is 0 Å². The summed E-state index contributed by atoms with van der Waals surface area (Å²) >= 11 is 0. The highest BCUT2D eigenvalue weighted by Gasteiger charge is 2.18. The first-order chi connectivity index (χ1) is 27.7. The van der Waals surface area contributed by atoms with Gasteiger partial charge in [0, 0.05) is 28.3 Å². The Morgan fingerprint density at radius 2 is 0.804 bits per heavy atom. The highest BCUT2D eigenvalue weighted by molar-refractivity contribution is 6.37. The van der Waals surface area contributed by atoms with Gasteiger partial charge >= 0.3 is 0 Å². The average molecular weight is 710 g/mol. The molecule has 0 N–H and O–H groups in total. The summed E-state index contributed by atoms with van der Waals surface area (Å²) in [5.41, 5.74) is 8.08. The molecule has 0 saturated carbocycles. The van der Waals surface area contributed by atoms with Crippen molar-refractivity contribution >= 4 is 75.5 Å². The molecule has 0 radical (unpaired) electrons. The molecule has 0 saturated heterocycles. The van der Waals surface area contributed by atoms with Crippen LogP contribution < -0.4 is 0 Å². The summed E-state index contributed by atoms with van der Waals surface area (Å²) in [5.74, 6) is 0.688. The molecule has 10 aromatic carbocycles. The van der Waals surface area contributed by atoms with Crippen LogP contribution in [0.5, 0.6) is 0 Å². The van der Waals surface area contributed by atoms with Crippen LogP contribution in [0, 0.1) is 0 Å². The molecule has 0 amide bonds. The van der Waals surface area contributed by atoms with Crippen molar-refractivity contribution in [1.29, 1.82) is 0 Å². The topological polar surface area (TPSA) is 38.7 Å². The molecule has 12 rings (SSSR count). The van der Waals surface area contributed by atoms with Crippen LogP contribution in [0.4, 0.5) is 0 Å². The molecule has 12 aromatic rings. The Labute approximate surface area is 322 Å². The van der Waals surface area contributed by atoms with Gasteiger partial charge in [0.05, 0.1) is 16.9 Å². The number of fused-ring (bicyclic) bond motifs is 3. The summed E-state index contributed by atoms with van der Waals surface area (Å²) in [6.45, 7) is 0. The predicted octanol–water partition coefficient (Wildman–Crippen LogP) is 14.0. The van der Waals surface area contributed by atoms with Crippen molar-refractivity contribution in [2.75, 3.05) is 0 Å². The van der Waals surface area contributed by atoms with Gasteiger partial charge in [-0.25, -0.2) is 9.97 Å². The fourth-order valence-corrected chi connectivity index (χ4v) is 8.98. The van der Waals surface area contributed by atoms with Crippen molar-refractivity contribution in [3.05, 3.63) is 188 Å². The van der Waals surface area contributed by atoms with E-state index in [0.29, 0.717) is 5.82 Å². The molecular formula is C53H31N3. The summed E-state index contributed by atoms with van der Waals surface area (Å²) in [4.78, 5) is 15.2. The van der Waals surface area contributed by atoms with E-state index >= 15 is 0 Å². The number of hydrogen-bond donors (Lipinski definition) is 0. The Hall–Kier alpha value is -7.49. The molecule has 0 aliphatic rings. The van der Waals surface area contributed by atoms with Crippen LogP contribution in [0.1, 0.15) is 0 Å². The van der Waals surface area contributed by atoms with Crippen LogP contribution in [0.15, 0.2) is 188 Å². The molecule has 0 bridgehead atoms. The minimum Gasteiger partial charge on any atom is -0.256 e. The van der Waals surface area contributed by atoms with Gasteiger partial charge in [0.1, 0.15) is 0 Å². The third kappa shape index (κ3) is 4.74. The van der Waals surface area contributed by atoms with Crippen LogP contribution in [0.25, 0.3) is 121 Å². The number of nitrogens with zero attached hydrogens (tertiary/aromatic N) is 3. The summed E-state index contributed by atoms with van der Waals surface area (Å²) in [7, 11) is 0. The molecule has 0 atom stereocenters. The Morgan fingerprint density at radius 3 is 1.48 bits per heavy atom. The lowest BCUT2D eigenvalue weighted by Crippen LogP contribution is -1.97. The third-order valence-corrected chi connectivity index (χ3v) is 11.6. The second-order valence-electron chi connectivity index (χ2n) is 14.8. The number of pyridine rings is 1. The van der Waals surface area contributed by atoms with Gasteiger partial charge in [0.15, 0.2) is 5.82 Å². The fraction of sp³-hybridized carbons (Fsp3) is 0. The van der Waals surface area contributed by atoms with Gasteiger partial charge < -0.3 is 0 Å². The number of hydrogen-bond acceptors (Lipinski definition) is 3. The first kappa shape index (κ1) is 30.9. The van der Waals surface area contributed by atoms with E-state index < -0.39 is 0 Å². The van der Waals surface area contributed by atoms with Crippen LogP contribution in [-0.2, 0) is 0 Å². The Bertz CT molecular complexity index is 3510. The number of benzene rings is 9. The van der Waals surface area contributed by atoms with Crippen molar-refractivity contribution in [2.45, 2.75) is 0 Å². The van der Waals surface area contributed by atoms with Crippen molar-refractivity contribution < 1.29 is 0 Å². The van der Waals surface area contributed by atoms with E-state index in [4.69, 9.17) is 9.97 Å². The highest BCUT2D eigenvalue weighted by Crippen LogP contribution is 2.44. The highest BCUT2D eigenvalue weighted by atomic mass is 14.9. The minimum absolute atomic E-state index is 0.688. The molecule has 0 aliphatic heterocycles. The van der Waals surface area contributed by atoms with Crippen LogP contribution in [0.2, 0.25) is 0 Å². The molecule has 3 nitrogen and oxygen atoms in total. The van der Waals surface area contributed by atoms with Crippen molar-refractivity contribution in [3.63, 3.8) is 0 Å². The summed E-state index contributed by atoms with van der Waals surface area (Å²) in [5, 5.41) is 16.2. The summed E-state index contributed by atoms with van der Waals surface area (Å²) in [6.07, 6.45) is 1.84. The molecule has 0 fully saturated rings. The Kier molecular flexibility index (Phi) is 6.63. The fourth-order valence-electron chi connectivity index (χ4n) is 8.98. The largest absolute Gasteiger partial charge is 0.256 e. The van der Waals surface area contributed by atoms with Gasteiger partial charge in [0.2, 0.25) is 0 Å². The van der Waals surface area contributed by atoms with Crippen molar-refractivity contribution in [1.82, 2.24) is 15.0 Å². The quantitative estimate of drug-likeness (QED) is 0.171. The predicted molar refractivity (Wildman–Crippen MR) is 235 cm³/mol. The SMILES string of the molecule is c1ccc(-c2ccc(-c3nc(-c4ccc5ncccc5c4)cc(-c4cc5ccc6cccc7c8cccc9ccc%10cccc(c(c4)c5c67)c%10c98)n3)cc2)cc1. The maximum atomic E-state index is 5.37. The van der Waals surface area contributed by atoms with Gasteiger partial charge in [-0.05, 0) is 112 Å². The average Bonchev–Trinajstić information content (AvgIpc) is 3.27. The standard InChI is InChI=1S/C53H31N3/c1-2-8-32(9-3-1)33-17-22-37(23-18-33)53-55-47(39-25-26-46-38(28-39)13-7-27-54-46)31-48(56-53)41-29-40-24-21-36-11-5-15-43-42-14-4-10-34-19-20-35-12-6-16-44(51(35)49(34)42)45(30-41)52(40)50(36)43/h1-31H. The summed E-state index contributed by atoms with van der Waals surface area (Å²) in [6, 6.07) is 65.7. The molecule has 2 aromatic heterocycles. The van der Waals surface area contributed by atoms with Gasteiger partial charge in [0.25, 0.3) is 0 Å². The first-order valence-corrected chi connectivity index (χ1v) is 19.1.